The predicted molar refractivity (Wildman–Crippen MR) is 79.5 cm³/mol. The molecule has 0 saturated carbocycles. The molecular weight excluding hydrogens is 290 g/mol. The highest BCUT2D eigenvalue weighted by atomic mass is 16.6. The van der Waals surface area contributed by atoms with Crippen molar-refractivity contribution in [2.45, 2.75) is 6.92 Å². The minimum Gasteiger partial charge on any atom is -0.350 e. The van der Waals surface area contributed by atoms with Crippen LogP contribution < -0.4 is 5.32 Å². The van der Waals surface area contributed by atoms with Crippen LogP contribution in [0.2, 0.25) is 0 Å². The highest BCUT2D eigenvalue weighted by Gasteiger charge is 2.19. The van der Waals surface area contributed by atoms with Gasteiger partial charge in [0.25, 0.3) is 11.4 Å². The first kappa shape index (κ1) is 15.1. The molecule has 2 aromatic carbocycles. The Hall–Kier alpha value is -3.29. The Labute approximate surface area is 124 Å². The fraction of sp³-hybridized carbons (Fsp3) is 0.0714. The molecule has 8 nitrogen and oxygen atoms in total. The summed E-state index contributed by atoms with van der Waals surface area (Å²) in [6.07, 6.45) is 0. The van der Waals surface area contributed by atoms with Gasteiger partial charge in [-0.3, -0.25) is 25.0 Å². The predicted octanol–water partition coefficient (Wildman–Crippen LogP) is 3.45. The summed E-state index contributed by atoms with van der Waals surface area (Å²) in [6.45, 7) is 1.41. The highest BCUT2D eigenvalue weighted by Crippen LogP contribution is 2.31. The first-order chi connectivity index (χ1) is 10.4. The van der Waals surface area contributed by atoms with Crippen LogP contribution in [0.4, 0.5) is 22.7 Å². The van der Waals surface area contributed by atoms with Crippen molar-refractivity contribution >= 4 is 28.5 Å². The van der Waals surface area contributed by atoms with Gasteiger partial charge in [0.05, 0.1) is 15.9 Å². The Bertz CT molecular complexity index is 773. The lowest BCUT2D eigenvalue weighted by Gasteiger charge is -2.08. The second-order valence-corrected chi connectivity index (χ2v) is 4.48. The highest BCUT2D eigenvalue weighted by molar-refractivity contribution is 5.95. The molecule has 0 saturated heterocycles. The van der Waals surface area contributed by atoms with Crippen LogP contribution in [-0.2, 0) is 0 Å². The third-order valence-corrected chi connectivity index (χ3v) is 2.94. The van der Waals surface area contributed by atoms with Crippen LogP contribution in [0.5, 0.6) is 0 Å². The molecule has 0 aliphatic rings. The number of nitrogens with zero attached hydrogens (tertiary/aromatic N) is 2. The van der Waals surface area contributed by atoms with E-state index in [1.807, 2.05) is 0 Å². The fourth-order valence-corrected chi connectivity index (χ4v) is 1.86. The van der Waals surface area contributed by atoms with Gasteiger partial charge in [0, 0.05) is 17.3 Å². The van der Waals surface area contributed by atoms with E-state index in [0.717, 1.165) is 6.07 Å². The van der Waals surface area contributed by atoms with Crippen LogP contribution >= 0.6 is 0 Å². The molecule has 0 aromatic heterocycles. The van der Waals surface area contributed by atoms with Gasteiger partial charge >= 0.3 is 0 Å². The summed E-state index contributed by atoms with van der Waals surface area (Å²) >= 11 is 0. The number of rotatable bonds is 5. The fourth-order valence-electron chi connectivity index (χ4n) is 1.86. The van der Waals surface area contributed by atoms with E-state index >= 15 is 0 Å². The first-order valence-corrected chi connectivity index (χ1v) is 6.19. The Morgan fingerprint density at radius 3 is 2.36 bits per heavy atom. The van der Waals surface area contributed by atoms with Gasteiger partial charge in [-0.15, -0.1) is 0 Å². The van der Waals surface area contributed by atoms with Crippen LogP contribution in [-0.4, -0.2) is 15.6 Å². The monoisotopic (exact) mass is 301 g/mol. The van der Waals surface area contributed by atoms with Crippen LogP contribution in [0, 0.1) is 20.2 Å². The van der Waals surface area contributed by atoms with Gasteiger partial charge in [-0.2, -0.15) is 0 Å². The number of ketones is 1. The van der Waals surface area contributed by atoms with Crippen LogP contribution in [0.1, 0.15) is 17.3 Å². The molecule has 0 aliphatic carbocycles. The molecule has 2 aromatic rings. The maximum absolute atomic E-state index is 11.3. The lowest BCUT2D eigenvalue weighted by Crippen LogP contribution is -2.00. The number of nitro groups is 2. The molecule has 0 aliphatic heterocycles. The number of hydrogen-bond acceptors (Lipinski definition) is 6. The molecule has 8 heteroatoms. The van der Waals surface area contributed by atoms with Gasteiger partial charge in [-0.1, -0.05) is 12.1 Å². The number of hydrogen-bond donors (Lipinski definition) is 1. The second kappa shape index (κ2) is 6.00. The summed E-state index contributed by atoms with van der Waals surface area (Å²) in [7, 11) is 0. The van der Waals surface area contributed by atoms with E-state index in [1.165, 1.54) is 19.1 Å². The molecule has 112 valence electrons. The molecule has 0 radical (unpaired) electrons. The van der Waals surface area contributed by atoms with Gasteiger partial charge in [-0.05, 0) is 25.1 Å². The molecule has 2 rings (SSSR count). The number of Topliss-reactive ketones (excluding diaryl/α,β-unsaturated/α-hetero) is 1. The topological polar surface area (TPSA) is 115 Å². The minimum absolute atomic E-state index is 0.108. The SMILES string of the molecule is CC(=O)c1cccc(Nc2ccc([N+](=O)[O-])cc2[N+](=O)[O-])c1. The Morgan fingerprint density at radius 2 is 1.77 bits per heavy atom. The van der Waals surface area contributed by atoms with Crippen LogP contribution in [0.25, 0.3) is 0 Å². The lowest BCUT2D eigenvalue weighted by atomic mass is 10.1. The number of carbonyl (C=O) groups is 1. The van der Waals surface area contributed by atoms with Crippen molar-refractivity contribution in [1.82, 2.24) is 0 Å². The second-order valence-electron chi connectivity index (χ2n) is 4.48. The lowest BCUT2D eigenvalue weighted by molar-refractivity contribution is -0.393. The summed E-state index contributed by atoms with van der Waals surface area (Å²) in [6, 6.07) is 9.76. The largest absolute Gasteiger partial charge is 0.350 e. The van der Waals surface area contributed by atoms with Crippen molar-refractivity contribution in [3.05, 3.63) is 68.3 Å². The van der Waals surface area contributed by atoms with Crippen LogP contribution in [0.15, 0.2) is 42.5 Å². The molecule has 22 heavy (non-hydrogen) atoms. The minimum atomic E-state index is -0.704. The summed E-state index contributed by atoms with van der Waals surface area (Å²) < 4.78 is 0. The summed E-state index contributed by atoms with van der Waals surface area (Å²) in [5.41, 5.74) is 0.257. The Kier molecular flexibility index (Phi) is 4.12. The average Bonchev–Trinajstić information content (AvgIpc) is 2.47. The number of non-ortho nitro benzene ring substituents is 1. The number of benzene rings is 2. The molecule has 0 bridgehead atoms. The summed E-state index contributed by atoms with van der Waals surface area (Å²) in [4.78, 5) is 31.7. The van der Waals surface area contributed by atoms with E-state index in [4.69, 9.17) is 0 Å². The standard InChI is InChI=1S/C14H11N3O5/c1-9(18)10-3-2-4-11(7-10)15-13-6-5-12(16(19)20)8-14(13)17(21)22/h2-8,15H,1H3. The van der Waals surface area contributed by atoms with Gasteiger partial charge in [0.15, 0.2) is 5.78 Å². The molecule has 0 amide bonds. The maximum Gasteiger partial charge on any atom is 0.299 e. The summed E-state index contributed by atoms with van der Waals surface area (Å²) in [5, 5.41) is 24.5. The van der Waals surface area contributed by atoms with Crippen molar-refractivity contribution in [2.75, 3.05) is 5.32 Å². The normalized spacial score (nSPS) is 10.0. The maximum atomic E-state index is 11.3. The number of carbonyl (C=O) groups excluding carboxylic acids is 1. The molecule has 0 atom stereocenters. The zero-order chi connectivity index (χ0) is 16.3. The van der Waals surface area contributed by atoms with E-state index in [-0.39, 0.29) is 17.2 Å². The quantitative estimate of drug-likeness (QED) is 0.513. The molecule has 0 unspecified atom stereocenters. The number of nitrogens with one attached hydrogen (secondary N) is 1. The van der Waals surface area contributed by atoms with Crippen molar-refractivity contribution in [3.63, 3.8) is 0 Å². The smallest absolute Gasteiger partial charge is 0.299 e. The van der Waals surface area contributed by atoms with Gasteiger partial charge in [0.1, 0.15) is 5.69 Å². The Morgan fingerprint density at radius 1 is 1.05 bits per heavy atom. The number of anilines is 2. The third-order valence-electron chi connectivity index (χ3n) is 2.94. The van der Waals surface area contributed by atoms with E-state index in [0.29, 0.717) is 11.3 Å². The van der Waals surface area contributed by atoms with E-state index in [9.17, 15) is 25.0 Å². The van der Waals surface area contributed by atoms with Crippen molar-refractivity contribution < 1.29 is 14.6 Å². The Balaban J connectivity index is 2.41. The first-order valence-electron chi connectivity index (χ1n) is 6.19. The molecule has 0 spiro atoms. The molecule has 0 fully saturated rings. The van der Waals surface area contributed by atoms with Crippen molar-refractivity contribution in [2.24, 2.45) is 0 Å². The average molecular weight is 301 g/mol. The summed E-state index contributed by atoms with van der Waals surface area (Å²) in [5.74, 6) is -0.137. The van der Waals surface area contributed by atoms with Crippen LogP contribution in [0.3, 0.4) is 0 Å². The van der Waals surface area contributed by atoms with E-state index < -0.39 is 15.5 Å². The van der Waals surface area contributed by atoms with Crippen molar-refractivity contribution in [1.29, 1.82) is 0 Å². The molecule has 0 heterocycles. The zero-order valence-electron chi connectivity index (χ0n) is 11.5. The molecular formula is C14H11N3O5. The zero-order valence-corrected chi connectivity index (χ0v) is 11.5. The number of nitro benzene ring substituents is 2. The van der Waals surface area contributed by atoms with Gasteiger partial charge in [-0.25, -0.2) is 0 Å². The van der Waals surface area contributed by atoms with Crippen molar-refractivity contribution in [3.8, 4) is 0 Å². The van der Waals surface area contributed by atoms with Gasteiger partial charge < -0.3 is 5.32 Å². The van der Waals surface area contributed by atoms with Gasteiger partial charge in [0.2, 0.25) is 0 Å². The van der Waals surface area contributed by atoms with E-state index in [1.54, 1.807) is 24.3 Å². The van der Waals surface area contributed by atoms with E-state index in [2.05, 4.69) is 5.32 Å². The molecule has 1 N–H and O–H groups in total. The third kappa shape index (κ3) is 3.23.